The van der Waals surface area contributed by atoms with Gasteiger partial charge in [0.25, 0.3) is 0 Å². The molecule has 25 heavy (non-hydrogen) atoms. The Morgan fingerprint density at radius 3 is 2.36 bits per heavy atom. The third-order valence-corrected chi connectivity index (χ3v) is 8.62. The summed E-state index contributed by atoms with van der Waals surface area (Å²) in [6.07, 6.45) is 10.7. The summed E-state index contributed by atoms with van der Waals surface area (Å²) in [4.78, 5) is 0. The summed E-state index contributed by atoms with van der Waals surface area (Å²) in [6.45, 7) is 11.8. The van der Waals surface area contributed by atoms with Crippen LogP contribution in [-0.4, -0.2) is 29.7 Å². The second kappa shape index (κ2) is 5.56. The maximum absolute atomic E-state index is 10.3. The van der Waals surface area contributed by atoms with E-state index in [2.05, 4.69) is 40.7 Å². The number of aliphatic hydroxyl groups excluding tert-OH is 1. The molecule has 5 atom stereocenters. The van der Waals surface area contributed by atoms with Gasteiger partial charge in [0.15, 0.2) is 5.79 Å². The minimum atomic E-state index is -0.440. The number of hydrogen-bond donors (Lipinski definition) is 1. The van der Waals surface area contributed by atoms with Crippen molar-refractivity contribution in [2.75, 3.05) is 6.61 Å². The van der Waals surface area contributed by atoms with E-state index in [1.165, 1.54) is 19.3 Å². The van der Waals surface area contributed by atoms with E-state index in [9.17, 15) is 5.11 Å². The maximum Gasteiger partial charge on any atom is 0.174 e. The molecule has 1 spiro atoms. The van der Waals surface area contributed by atoms with Crippen LogP contribution >= 0.6 is 0 Å². The Morgan fingerprint density at radius 2 is 1.72 bits per heavy atom. The zero-order valence-corrected chi connectivity index (χ0v) is 16.7. The Kier molecular flexibility index (Phi) is 4.00. The number of aliphatic hydroxyl groups is 1. The molecule has 3 aliphatic carbocycles. The monoisotopic (exact) mass is 348 g/mol. The molecule has 4 rings (SSSR count). The first-order valence-electron chi connectivity index (χ1n) is 10.4. The lowest BCUT2D eigenvalue weighted by Gasteiger charge is -2.64. The normalized spacial score (nSPS) is 47.9. The fraction of sp³-hybridized carbons (Fsp3) is 0.909. The number of hydrogen-bond acceptors (Lipinski definition) is 3. The van der Waals surface area contributed by atoms with Gasteiger partial charge in [0, 0.05) is 17.3 Å². The van der Waals surface area contributed by atoms with Gasteiger partial charge in [-0.1, -0.05) is 32.4 Å². The van der Waals surface area contributed by atoms with Gasteiger partial charge in [-0.05, 0) is 63.7 Å². The number of ether oxygens (including phenoxy) is 2. The van der Waals surface area contributed by atoms with Gasteiger partial charge in [-0.3, -0.25) is 0 Å². The van der Waals surface area contributed by atoms with Crippen LogP contribution in [0.1, 0.15) is 79.6 Å². The van der Waals surface area contributed by atoms with Crippen molar-refractivity contribution >= 4 is 0 Å². The molecule has 4 aliphatic rings. The Hall–Kier alpha value is -0.380. The van der Waals surface area contributed by atoms with E-state index in [-0.39, 0.29) is 28.5 Å². The highest BCUT2D eigenvalue weighted by atomic mass is 16.8. The van der Waals surface area contributed by atoms with Crippen LogP contribution in [-0.2, 0) is 9.47 Å². The number of fused-ring (bicyclic) bond motifs is 3. The van der Waals surface area contributed by atoms with Gasteiger partial charge in [-0.25, -0.2) is 0 Å². The molecule has 142 valence electrons. The molecule has 0 bridgehead atoms. The average Bonchev–Trinajstić information content (AvgIpc) is 2.88. The zero-order chi connectivity index (χ0) is 18.1. The highest BCUT2D eigenvalue weighted by Crippen LogP contribution is 2.69. The molecule has 1 saturated heterocycles. The van der Waals surface area contributed by atoms with Gasteiger partial charge in [-0.2, -0.15) is 0 Å². The van der Waals surface area contributed by atoms with Crippen LogP contribution in [0.3, 0.4) is 0 Å². The summed E-state index contributed by atoms with van der Waals surface area (Å²) in [5.41, 5.74) is 1.74. The smallest absolute Gasteiger partial charge is 0.174 e. The van der Waals surface area contributed by atoms with Gasteiger partial charge in [0.05, 0.1) is 18.8 Å². The topological polar surface area (TPSA) is 38.7 Å². The van der Waals surface area contributed by atoms with Gasteiger partial charge in [0.1, 0.15) is 0 Å². The zero-order valence-electron chi connectivity index (χ0n) is 16.7. The molecule has 3 fully saturated rings. The van der Waals surface area contributed by atoms with Crippen LogP contribution in [0.4, 0.5) is 0 Å². The molecule has 1 aliphatic heterocycles. The van der Waals surface area contributed by atoms with E-state index < -0.39 is 5.79 Å². The van der Waals surface area contributed by atoms with Crippen molar-refractivity contribution in [3.8, 4) is 0 Å². The third kappa shape index (κ3) is 2.21. The molecule has 0 radical (unpaired) electrons. The highest BCUT2D eigenvalue weighted by molar-refractivity contribution is 5.32. The first-order valence-corrected chi connectivity index (χ1v) is 10.4. The molecule has 0 aromatic carbocycles. The number of rotatable bonds is 1. The Labute approximate surface area is 153 Å². The summed E-state index contributed by atoms with van der Waals surface area (Å²) >= 11 is 0. The predicted molar refractivity (Wildman–Crippen MR) is 99.1 cm³/mol. The van der Waals surface area contributed by atoms with Crippen molar-refractivity contribution < 1.29 is 14.6 Å². The molecule has 1 N–H and O–H groups in total. The Morgan fingerprint density at radius 1 is 1.04 bits per heavy atom. The minimum absolute atomic E-state index is 0.0288. The molecule has 0 amide bonds. The van der Waals surface area contributed by atoms with Crippen molar-refractivity contribution in [1.82, 2.24) is 0 Å². The molecule has 0 aromatic heterocycles. The molecular weight excluding hydrogens is 312 g/mol. The van der Waals surface area contributed by atoms with Crippen LogP contribution in [0, 0.1) is 22.2 Å². The molecule has 3 heteroatoms. The van der Waals surface area contributed by atoms with Gasteiger partial charge >= 0.3 is 0 Å². The van der Waals surface area contributed by atoms with Crippen LogP contribution in [0.15, 0.2) is 11.6 Å². The van der Waals surface area contributed by atoms with E-state index in [0.717, 1.165) is 25.7 Å². The fourth-order valence-electron chi connectivity index (χ4n) is 7.03. The van der Waals surface area contributed by atoms with Crippen molar-refractivity contribution in [3.63, 3.8) is 0 Å². The maximum atomic E-state index is 10.3. The lowest BCUT2D eigenvalue weighted by Crippen LogP contribution is -2.62. The second-order valence-corrected chi connectivity index (χ2v) is 10.1. The standard InChI is InChI=1S/C22H36O3/c1-15-16(2)25-22(24-15)13-12-20(5)17(19(22,3)4)9-11-21(14-23)10-7-6-8-18(20)21/h8,15-17,23H,6-7,9-14H2,1-5H3/t15-,16-,17-,20-,21+/m1/s1. The highest BCUT2D eigenvalue weighted by Gasteiger charge is 2.67. The van der Waals surface area contributed by atoms with E-state index >= 15 is 0 Å². The third-order valence-electron chi connectivity index (χ3n) is 8.62. The van der Waals surface area contributed by atoms with Crippen molar-refractivity contribution in [1.29, 1.82) is 0 Å². The minimum Gasteiger partial charge on any atom is -0.395 e. The van der Waals surface area contributed by atoms with Gasteiger partial charge < -0.3 is 14.6 Å². The van der Waals surface area contributed by atoms with Crippen LogP contribution in [0.25, 0.3) is 0 Å². The number of allylic oxidation sites excluding steroid dienone is 1. The first-order chi connectivity index (χ1) is 11.7. The second-order valence-electron chi connectivity index (χ2n) is 10.1. The van der Waals surface area contributed by atoms with E-state index in [1.807, 2.05) is 0 Å². The first kappa shape index (κ1) is 18.0. The summed E-state index contributed by atoms with van der Waals surface area (Å²) in [6, 6.07) is 0. The van der Waals surface area contributed by atoms with Crippen LogP contribution < -0.4 is 0 Å². The summed E-state index contributed by atoms with van der Waals surface area (Å²) < 4.78 is 13.0. The fourth-order valence-corrected chi connectivity index (χ4v) is 7.03. The van der Waals surface area contributed by atoms with Crippen molar-refractivity contribution in [3.05, 3.63) is 11.6 Å². The molecule has 1 heterocycles. The van der Waals surface area contributed by atoms with Gasteiger partial charge in [0.2, 0.25) is 0 Å². The molecule has 0 unspecified atom stereocenters. The Balaban J connectivity index is 1.74. The quantitative estimate of drug-likeness (QED) is 0.690. The van der Waals surface area contributed by atoms with E-state index in [0.29, 0.717) is 12.5 Å². The predicted octanol–water partition coefficient (Wildman–Crippen LogP) is 4.83. The average molecular weight is 349 g/mol. The van der Waals surface area contributed by atoms with Crippen LogP contribution in [0.2, 0.25) is 0 Å². The summed E-state index contributed by atoms with van der Waals surface area (Å²) in [7, 11) is 0. The summed E-state index contributed by atoms with van der Waals surface area (Å²) in [5.74, 6) is 0.0973. The van der Waals surface area contributed by atoms with Gasteiger partial charge in [-0.15, -0.1) is 0 Å². The lowest BCUT2D eigenvalue weighted by atomic mass is 9.43. The SMILES string of the molecule is C[C@H]1OC2(CC[C@@]3(C)C4=CCCC[C@@]4(CO)CC[C@@H]3C2(C)C)O[C@@H]1C. The summed E-state index contributed by atoms with van der Waals surface area (Å²) in [5, 5.41) is 10.3. The van der Waals surface area contributed by atoms with Crippen molar-refractivity contribution in [2.45, 2.75) is 97.6 Å². The van der Waals surface area contributed by atoms with Crippen LogP contribution in [0.5, 0.6) is 0 Å². The van der Waals surface area contributed by atoms with E-state index in [1.54, 1.807) is 5.57 Å². The van der Waals surface area contributed by atoms with E-state index in [4.69, 9.17) is 9.47 Å². The lowest BCUT2D eigenvalue weighted by molar-refractivity contribution is -0.295. The van der Waals surface area contributed by atoms with Crippen molar-refractivity contribution in [2.24, 2.45) is 22.2 Å². The molecule has 0 aromatic rings. The molecular formula is C22H36O3. The molecule has 2 saturated carbocycles. The molecule has 3 nitrogen and oxygen atoms in total. The Bertz CT molecular complexity index is 570. The largest absolute Gasteiger partial charge is 0.395 e.